The van der Waals surface area contributed by atoms with Gasteiger partial charge in [0.25, 0.3) is 5.91 Å². The van der Waals surface area contributed by atoms with Crippen LogP contribution in [0.5, 0.6) is 0 Å². The van der Waals surface area contributed by atoms with Gasteiger partial charge < -0.3 is 10.0 Å². The highest BCUT2D eigenvalue weighted by Gasteiger charge is 2.49. The lowest BCUT2D eigenvalue weighted by atomic mass is 9.94. The predicted octanol–water partition coefficient (Wildman–Crippen LogP) is 2.56. The molecule has 1 saturated carbocycles. The molecule has 1 saturated heterocycles. The predicted molar refractivity (Wildman–Crippen MR) is 85.0 cm³/mol. The molecule has 1 N–H and O–H groups in total. The number of rotatable bonds is 2. The molecule has 5 nitrogen and oxygen atoms in total. The number of hydrogen-bond acceptors (Lipinski definition) is 3. The zero-order valence-electron chi connectivity index (χ0n) is 12.7. The van der Waals surface area contributed by atoms with Crippen LogP contribution in [-0.4, -0.2) is 39.5 Å². The number of amides is 1. The minimum Gasteiger partial charge on any atom is -0.480 e. The van der Waals surface area contributed by atoms with Gasteiger partial charge in [0.05, 0.1) is 5.52 Å². The number of pyridine rings is 1. The fourth-order valence-electron chi connectivity index (χ4n) is 4.21. The van der Waals surface area contributed by atoms with Crippen molar-refractivity contribution >= 4 is 22.8 Å². The van der Waals surface area contributed by atoms with Crippen LogP contribution >= 0.6 is 0 Å². The molecule has 1 aromatic heterocycles. The summed E-state index contributed by atoms with van der Waals surface area (Å²) in [4.78, 5) is 30.4. The molecule has 0 radical (unpaired) electrons. The monoisotopic (exact) mass is 310 g/mol. The van der Waals surface area contributed by atoms with E-state index < -0.39 is 12.0 Å². The van der Waals surface area contributed by atoms with E-state index in [2.05, 4.69) is 4.98 Å². The second kappa shape index (κ2) is 5.33. The van der Waals surface area contributed by atoms with Gasteiger partial charge in [0.1, 0.15) is 6.04 Å². The maximum atomic E-state index is 12.9. The van der Waals surface area contributed by atoms with Crippen LogP contribution in [-0.2, 0) is 4.79 Å². The first-order chi connectivity index (χ1) is 11.1. The summed E-state index contributed by atoms with van der Waals surface area (Å²) in [6.07, 6.45) is 4.72. The normalized spacial score (nSPS) is 26.4. The van der Waals surface area contributed by atoms with E-state index in [-0.39, 0.29) is 11.8 Å². The van der Waals surface area contributed by atoms with E-state index in [1.165, 1.54) is 0 Å². The van der Waals surface area contributed by atoms with Crippen LogP contribution in [0, 0.1) is 11.8 Å². The van der Waals surface area contributed by atoms with Gasteiger partial charge in [-0.2, -0.15) is 0 Å². The van der Waals surface area contributed by atoms with Gasteiger partial charge in [-0.25, -0.2) is 4.79 Å². The lowest BCUT2D eigenvalue weighted by molar-refractivity contribution is -0.142. The minimum atomic E-state index is -0.879. The second-order valence-electron chi connectivity index (χ2n) is 6.51. The molecule has 1 aliphatic carbocycles. The highest BCUT2D eigenvalue weighted by Crippen LogP contribution is 2.42. The molecular weight excluding hydrogens is 292 g/mol. The van der Waals surface area contributed by atoms with Gasteiger partial charge in [0, 0.05) is 23.7 Å². The van der Waals surface area contributed by atoms with Crippen molar-refractivity contribution in [3.05, 3.63) is 42.1 Å². The first-order valence-corrected chi connectivity index (χ1v) is 8.04. The molecule has 23 heavy (non-hydrogen) atoms. The number of carbonyl (C=O) groups is 2. The van der Waals surface area contributed by atoms with Crippen molar-refractivity contribution in [1.29, 1.82) is 0 Å². The van der Waals surface area contributed by atoms with Crippen molar-refractivity contribution < 1.29 is 14.7 Å². The van der Waals surface area contributed by atoms with E-state index in [1.807, 2.05) is 18.2 Å². The lowest BCUT2D eigenvalue weighted by Crippen LogP contribution is -2.43. The number of carbonyl (C=O) groups excluding carboxylic acids is 1. The Morgan fingerprint density at radius 3 is 2.91 bits per heavy atom. The van der Waals surface area contributed by atoms with Crippen molar-refractivity contribution in [3.8, 4) is 0 Å². The van der Waals surface area contributed by atoms with Crippen LogP contribution in [0.2, 0.25) is 0 Å². The molecule has 118 valence electrons. The van der Waals surface area contributed by atoms with Gasteiger partial charge in [0.2, 0.25) is 0 Å². The molecule has 1 aromatic carbocycles. The molecule has 2 heterocycles. The molecule has 3 unspecified atom stereocenters. The van der Waals surface area contributed by atoms with Crippen LogP contribution in [0.4, 0.5) is 0 Å². The molecular formula is C18H18N2O3. The van der Waals surface area contributed by atoms with Crippen LogP contribution in [0.15, 0.2) is 36.5 Å². The second-order valence-corrected chi connectivity index (χ2v) is 6.51. The number of hydrogen-bond donors (Lipinski definition) is 1. The van der Waals surface area contributed by atoms with E-state index in [0.717, 1.165) is 30.2 Å². The Bertz CT molecular complexity index is 789. The highest BCUT2D eigenvalue weighted by atomic mass is 16.4. The lowest BCUT2D eigenvalue weighted by Gasteiger charge is -2.24. The fourth-order valence-corrected chi connectivity index (χ4v) is 4.21. The van der Waals surface area contributed by atoms with Crippen LogP contribution < -0.4 is 0 Å². The number of likely N-dealkylation sites (tertiary alicyclic amines) is 1. The summed E-state index contributed by atoms with van der Waals surface area (Å²) < 4.78 is 0. The summed E-state index contributed by atoms with van der Waals surface area (Å²) in [7, 11) is 0. The number of nitrogens with zero attached hydrogens (tertiary/aromatic N) is 2. The SMILES string of the molecule is O=C(O)C1C2CCCC2CN1C(=O)c1ccc2ncccc2c1. The third-order valence-electron chi connectivity index (χ3n) is 5.25. The topological polar surface area (TPSA) is 70.5 Å². The van der Waals surface area contributed by atoms with Gasteiger partial charge >= 0.3 is 5.97 Å². The minimum absolute atomic E-state index is 0.110. The number of fused-ring (bicyclic) bond motifs is 2. The van der Waals surface area contributed by atoms with Gasteiger partial charge in [-0.1, -0.05) is 12.5 Å². The smallest absolute Gasteiger partial charge is 0.326 e. The Hall–Kier alpha value is -2.43. The Morgan fingerprint density at radius 2 is 2.09 bits per heavy atom. The summed E-state index contributed by atoms with van der Waals surface area (Å²) in [6.45, 7) is 0.561. The number of benzene rings is 1. The van der Waals surface area contributed by atoms with Gasteiger partial charge in [-0.15, -0.1) is 0 Å². The van der Waals surface area contributed by atoms with Crippen LogP contribution in [0.3, 0.4) is 0 Å². The zero-order valence-corrected chi connectivity index (χ0v) is 12.7. The van der Waals surface area contributed by atoms with Gasteiger partial charge in [0.15, 0.2) is 0 Å². The molecule has 0 spiro atoms. The Labute approximate surface area is 133 Å². The fraction of sp³-hybridized carbons (Fsp3) is 0.389. The summed E-state index contributed by atoms with van der Waals surface area (Å²) in [6, 6.07) is 8.42. The molecule has 4 rings (SSSR count). The highest BCUT2D eigenvalue weighted by molar-refractivity contribution is 6.00. The van der Waals surface area contributed by atoms with Crippen molar-refractivity contribution in [2.75, 3.05) is 6.54 Å². The Balaban J connectivity index is 1.68. The number of carboxylic acid groups (broad SMARTS) is 1. The van der Waals surface area contributed by atoms with Gasteiger partial charge in [-0.05, 0) is 48.9 Å². The van der Waals surface area contributed by atoms with E-state index in [1.54, 1.807) is 23.2 Å². The van der Waals surface area contributed by atoms with Crippen LogP contribution in [0.1, 0.15) is 29.6 Å². The first-order valence-electron chi connectivity index (χ1n) is 8.04. The van der Waals surface area contributed by atoms with E-state index in [4.69, 9.17) is 0 Å². The zero-order chi connectivity index (χ0) is 16.0. The average molecular weight is 310 g/mol. The average Bonchev–Trinajstić information content (AvgIpc) is 3.13. The van der Waals surface area contributed by atoms with E-state index in [9.17, 15) is 14.7 Å². The van der Waals surface area contributed by atoms with Crippen molar-refractivity contribution in [2.45, 2.75) is 25.3 Å². The number of aromatic nitrogens is 1. The Morgan fingerprint density at radius 1 is 1.22 bits per heavy atom. The third kappa shape index (κ3) is 2.27. The number of carboxylic acids is 1. The third-order valence-corrected chi connectivity index (χ3v) is 5.25. The molecule has 2 aliphatic rings. The summed E-state index contributed by atoms with van der Waals surface area (Å²) in [5, 5.41) is 10.5. The first kappa shape index (κ1) is 14.2. The van der Waals surface area contributed by atoms with Crippen molar-refractivity contribution in [3.63, 3.8) is 0 Å². The molecule has 2 aromatic rings. The molecule has 0 bridgehead atoms. The largest absolute Gasteiger partial charge is 0.480 e. The van der Waals surface area contributed by atoms with Gasteiger partial charge in [-0.3, -0.25) is 9.78 Å². The van der Waals surface area contributed by atoms with E-state index in [0.29, 0.717) is 18.0 Å². The molecule has 5 heteroatoms. The quantitative estimate of drug-likeness (QED) is 0.925. The molecule has 1 aliphatic heterocycles. The summed E-state index contributed by atoms with van der Waals surface area (Å²) >= 11 is 0. The maximum absolute atomic E-state index is 12.9. The summed E-state index contributed by atoms with van der Waals surface area (Å²) in [5.41, 5.74) is 1.37. The Kier molecular flexibility index (Phi) is 3.29. The van der Waals surface area contributed by atoms with Crippen molar-refractivity contribution in [2.24, 2.45) is 11.8 Å². The molecule has 2 fully saturated rings. The molecule has 1 amide bonds. The maximum Gasteiger partial charge on any atom is 0.326 e. The standard InChI is InChI=1S/C18H18N2O3/c21-17(12-6-7-15-11(9-12)4-2-8-19-15)20-10-13-3-1-5-14(13)16(20)18(22)23/h2,4,6-9,13-14,16H,1,3,5,10H2,(H,22,23). The van der Waals surface area contributed by atoms with E-state index >= 15 is 0 Å². The summed E-state index contributed by atoms with van der Waals surface area (Å²) in [5.74, 6) is -0.617. The van der Waals surface area contributed by atoms with Crippen LogP contribution in [0.25, 0.3) is 10.9 Å². The van der Waals surface area contributed by atoms with Crippen molar-refractivity contribution in [1.82, 2.24) is 9.88 Å². The number of aliphatic carboxylic acids is 1. The molecule has 3 atom stereocenters.